The van der Waals surface area contributed by atoms with E-state index in [9.17, 15) is 9.59 Å². The van der Waals surface area contributed by atoms with Gasteiger partial charge in [0, 0.05) is 5.56 Å². The van der Waals surface area contributed by atoms with Gasteiger partial charge in [-0.3, -0.25) is 9.59 Å². The number of hydrazone groups is 1. The Hall–Kier alpha value is -2.77. The summed E-state index contributed by atoms with van der Waals surface area (Å²) in [5.74, 6) is -0.956. The van der Waals surface area contributed by atoms with E-state index in [-0.39, 0.29) is 15.7 Å². The molecular formula is C17H15Cl2N3O4. The van der Waals surface area contributed by atoms with Gasteiger partial charge < -0.3 is 14.8 Å². The van der Waals surface area contributed by atoms with E-state index in [4.69, 9.17) is 32.7 Å². The molecule has 0 spiro atoms. The van der Waals surface area contributed by atoms with Crippen LogP contribution in [-0.2, 0) is 9.59 Å². The van der Waals surface area contributed by atoms with Crippen LogP contribution in [0.3, 0.4) is 0 Å². The second-order valence-corrected chi connectivity index (χ2v) is 5.62. The van der Waals surface area contributed by atoms with Gasteiger partial charge in [-0.1, -0.05) is 35.3 Å². The van der Waals surface area contributed by atoms with Gasteiger partial charge in [0.1, 0.15) is 0 Å². The molecule has 0 heterocycles. The number of amides is 2. The summed E-state index contributed by atoms with van der Waals surface area (Å²) in [5.41, 5.74) is 2.90. The molecule has 2 rings (SSSR count). The largest absolute Gasteiger partial charge is 0.493 e. The summed E-state index contributed by atoms with van der Waals surface area (Å²) in [6, 6.07) is 9.84. The second kappa shape index (κ2) is 9.07. The molecule has 0 aliphatic carbocycles. The molecule has 9 heteroatoms. The Labute approximate surface area is 159 Å². The van der Waals surface area contributed by atoms with Crippen molar-refractivity contribution in [2.24, 2.45) is 5.10 Å². The van der Waals surface area contributed by atoms with Crippen LogP contribution >= 0.6 is 23.2 Å². The molecule has 0 aliphatic heterocycles. The average molecular weight is 396 g/mol. The fourth-order valence-corrected chi connectivity index (χ4v) is 2.35. The summed E-state index contributed by atoms with van der Waals surface area (Å²) >= 11 is 11.8. The number of carbonyl (C=O) groups excluding carboxylic acids is 2. The number of hydrogen-bond donors (Lipinski definition) is 2. The summed E-state index contributed by atoms with van der Waals surface area (Å²) < 4.78 is 10.4. The van der Waals surface area contributed by atoms with Crippen LogP contribution in [0, 0.1) is 0 Å². The van der Waals surface area contributed by atoms with Crippen LogP contribution < -0.4 is 20.2 Å². The highest BCUT2D eigenvalue weighted by Crippen LogP contribution is 2.30. The zero-order valence-corrected chi connectivity index (χ0v) is 15.4. The van der Waals surface area contributed by atoms with Crippen molar-refractivity contribution in [2.45, 2.75) is 0 Å². The Balaban J connectivity index is 2.03. The molecule has 0 aromatic heterocycles. The highest BCUT2D eigenvalue weighted by atomic mass is 35.5. The number of rotatable bonds is 5. The van der Waals surface area contributed by atoms with Crippen LogP contribution in [0.4, 0.5) is 5.69 Å². The molecule has 26 heavy (non-hydrogen) atoms. The van der Waals surface area contributed by atoms with E-state index in [1.807, 2.05) is 0 Å². The van der Waals surface area contributed by atoms with Crippen molar-refractivity contribution in [1.82, 2.24) is 5.43 Å². The normalized spacial score (nSPS) is 10.5. The maximum absolute atomic E-state index is 11.9. The molecule has 2 aromatic rings. The van der Waals surface area contributed by atoms with Gasteiger partial charge in [-0.2, -0.15) is 5.10 Å². The van der Waals surface area contributed by atoms with E-state index in [1.54, 1.807) is 30.3 Å². The summed E-state index contributed by atoms with van der Waals surface area (Å²) in [4.78, 5) is 23.7. The number of nitrogens with zero attached hydrogens (tertiary/aromatic N) is 1. The molecule has 7 nitrogen and oxygen atoms in total. The summed E-state index contributed by atoms with van der Waals surface area (Å²) in [7, 11) is 2.99. The monoisotopic (exact) mass is 395 g/mol. The summed E-state index contributed by atoms with van der Waals surface area (Å²) in [6.45, 7) is 0. The van der Waals surface area contributed by atoms with Crippen LogP contribution in [0.25, 0.3) is 0 Å². The maximum atomic E-state index is 11.9. The average Bonchev–Trinajstić information content (AvgIpc) is 2.64. The predicted molar refractivity (Wildman–Crippen MR) is 100 cm³/mol. The van der Waals surface area contributed by atoms with E-state index >= 15 is 0 Å². The number of carbonyl (C=O) groups is 2. The first kappa shape index (κ1) is 19.6. The van der Waals surface area contributed by atoms with Crippen LogP contribution in [0.5, 0.6) is 11.5 Å². The Morgan fingerprint density at radius 1 is 1.04 bits per heavy atom. The zero-order chi connectivity index (χ0) is 19.1. The number of anilines is 1. The minimum Gasteiger partial charge on any atom is -0.493 e. The number of ether oxygens (including phenoxy) is 2. The lowest BCUT2D eigenvalue weighted by Crippen LogP contribution is -2.32. The lowest BCUT2D eigenvalue weighted by Gasteiger charge is -2.09. The van der Waals surface area contributed by atoms with E-state index in [0.717, 1.165) is 0 Å². The van der Waals surface area contributed by atoms with Crippen molar-refractivity contribution in [3.05, 3.63) is 52.0 Å². The molecule has 2 N–H and O–H groups in total. The first-order chi connectivity index (χ1) is 12.5. The van der Waals surface area contributed by atoms with Crippen molar-refractivity contribution < 1.29 is 19.1 Å². The second-order valence-electron chi connectivity index (χ2n) is 4.84. The maximum Gasteiger partial charge on any atom is 0.329 e. The molecule has 136 valence electrons. The predicted octanol–water partition coefficient (Wildman–Crippen LogP) is 3.10. The van der Waals surface area contributed by atoms with E-state index in [0.29, 0.717) is 17.1 Å². The van der Waals surface area contributed by atoms with Crippen LogP contribution in [0.2, 0.25) is 10.0 Å². The molecule has 2 aromatic carbocycles. The number of benzene rings is 2. The topological polar surface area (TPSA) is 89.0 Å². The molecule has 0 saturated heterocycles. The van der Waals surface area contributed by atoms with Crippen molar-refractivity contribution in [2.75, 3.05) is 19.5 Å². The minimum atomic E-state index is -0.973. The van der Waals surface area contributed by atoms with Crippen LogP contribution in [0.15, 0.2) is 41.5 Å². The zero-order valence-electron chi connectivity index (χ0n) is 13.9. The molecule has 2 amide bonds. The molecule has 0 unspecified atom stereocenters. The standard InChI is InChI=1S/C17H15Cl2N3O4/c1-25-13-8-3-5-10(15(13)26-2)9-20-22-17(24)16(23)21-12-7-4-6-11(18)14(12)19/h3-9H,1-2H3,(H,21,23)(H,22,24)/b20-9-. The number of methoxy groups -OCH3 is 2. The van der Waals surface area contributed by atoms with Crippen molar-refractivity contribution in [3.63, 3.8) is 0 Å². The van der Waals surface area contributed by atoms with Crippen LogP contribution in [0.1, 0.15) is 5.56 Å². The number of nitrogens with one attached hydrogen (secondary N) is 2. The van der Waals surface area contributed by atoms with E-state index < -0.39 is 11.8 Å². The smallest absolute Gasteiger partial charge is 0.329 e. The van der Waals surface area contributed by atoms with Gasteiger partial charge in [-0.15, -0.1) is 0 Å². The first-order valence-electron chi connectivity index (χ1n) is 7.27. The van der Waals surface area contributed by atoms with Gasteiger partial charge in [0.05, 0.1) is 36.2 Å². The van der Waals surface area contributed by atoms with Gasteiger partial charge in [-0.05, 0) is 24.3 Å². The lowest BCUT2D eigenvalue weighted by molar-refractivity contribution is -0.136. The Bertz CT molecular complexity index is 856. The summed E-state index contributed by atoms with van der Waals surface area (Å²) in [5, 5.41) is 6.50. The molecule has 0 aliphatic rings. The third-order valence-electron chi connectivity index (χ3n) is 3.21. The highest BCUT2D eigenvalue weighted by molar-refractivity contribution is 6.45. The SMILES string of the molecule is COc1cccc(/C=N\NC(=O)C(=O)Nc2cccc(Cl)c2Cl)c1OC. The first-order valence-corrected chi connectivity index (χ1v) is 8.03. The van der Waals surface area contributed by atoms with Gasteiger partial charge in [0.15, 0.2) is 11.5 Å². The molecule has 0 atom stereocenters. The number of halogens is 2. The Morgan fingerprint density at radius 2 is 1.77 bits per heavy atom. The Kier molecular flexibility index (Phi) is 6.82. The quantitative estimate of drug-likeness (QED) is 0.462. The van der Waals surface area contributed by atoms with Crippen molar-refractivity contribution >= 4 is 46.9 Å². The third-order valence-corrected chi connectivity index (χ3v) is 4.03. The summed E-state index contributed by atoms with van der Waals surface area (Å²) in [6.07, 6.45) is 1.33. The van der Waals surface area contributed by atoms with Crippen molar-refractivity contribution in [3.8, 4) is 11.5 Å². The number of hydrogen-bond acceptors (Lipinski definition) is 5. The third kappa shape index (κ3) is 4.65. The minimum absolute atomic E-state index is 0.139. The van der Waals surface area contributed by atoms with E-state index in [1.165, 1.54) is 26.5 Å². The van der Waals surface area contributed by atoms with Crippen LogP contribution in [-0.4, -0.2) is 32.2 Å². The fraction of sp³-hybridized carbons (Fsp3) is 0.118. The fourth-order valence-electron chi connectivity index (χ4n) is 2.00. The Morgan fingerprint density at radius 3 is 2.46 bits per heavy atom. The molecule has 0 fully saturated rings. The van der Waals surface area contributed by atoms with E-state index in [2.05, 4.69) is 15.8 Å². The highest BCUT2D eigenvalue weighted by Gasteiger charge is 2.15. The number of para-hydroxylation sites is 1. The lowest BCUT2D eigenvalue weighted by atomic mass is 10.2. The molecule has 0 saturated carbocycles. The molecule has 0 radical (unpaired) electrons. The van der Waals surface area contributed by atoms with Gasteiger partial charge in [-0.25, -0.2) is 5.43 Å². The van der Waals surface area contributed by atoms with Crippen molar-refractivity contribution in [1.29, 1.82) is 0 Å². The van der Waals surface area contributed by atoms with Gasteiger partial charge in [0.2, 0.25) is 0 Å². The van der Waals surface area contributed by atoms with Gasteiger partial charge in [0.25, 0.3) is 0 Å². The van der Waals surface area contributed by atoms with Gasteiger partial charge >= 0.3 is 11.8 Å². The molecule has 0 bridgehead atoms. The molecular weight excluding hydrogens is 381 g/mol.